The van der Waals surface area contributed by atoms with Crippen LogP contribution in [0, 0.1) is 6.92 Å². The smallest absolute Gasteiger partial charge is 0.230 e. The number of fused-ring (bicyclic) bond motifs is 1. The van der Waals surface area contributed by atoms with E-state index in [2.05, 4.69) is 22.4 Å². The van der Waals surface area contributed by atoms with Gasteiger partial charge in [0.15, 0.2) is 0 Å². The lowest BCUT2D eigenvalue weighted by molar-refractivity contribution is -0.115. The van der Waals surface area contributed by atoms with E-state index in [0.717, 1.165) is 22.8 Å². The summed E-state index contributed by atoms with van der Waals surface area (Å²) in [5, 5.41) is 5.90. The highest BCUT2D eigenvalue weighted by atomic mass is 32.1. The Hall–Kier alpha value is -1.68. The molecule has 1 aromatic carbocycles. The molecule has 0 bridgehead atoms. The van der Waals surface area contributed by atoms with Crippen molar-refractivity contribution in [2.75, 3.05) is 5.32 Å². The number of amides is 1. The molecule has 0 fully saturated rings. The molecule has 1 aliphatic rings. The first-order valence-corrected chi connectivity index (χ1v) is 7.41. The van der Waals surface area contributed by atoms with E-state index in [4.69, 9.17) is 0 Å². The highest BCUT2D eigenvalue weighted by Crippen LogP contribution is 2.24. The number of anilines is 1. The minimum atomic E-state index is 0.00301. The maximum absolute atomic E-state index is 11.9. The van der Waals surface area contributed by atoms with Crippen molar-refractivity contribution in [1.82, 2.24) is 4.98 Å². The topological polar surface area (TPSA) is 42.0 Å². The van der Waals surface area contributed by atoms with Gasteiger partial charge in [-0.1, -0.05) is 6.07 Å². The summed E-state index contributed by atoms with van der Waals surface area (Å²) in [5.74, 6) is 0.00301. The number of rotatable bonds is 3. The fraction of sp³-hybridized carbons (Fsp3) is 0.333. The van der Waals surface area contributed by atoms with Gasteiger partial charge < -0.3 is 5.32 Å². The van der Waals surface area contributed by atoms with Crippen LogP contribution in [0.1, 0.15) is 28.2 Å². The third kappa shape index (κ3) is 2.84. The highest BCUT2D eigenvalue weighted by Gasteiger charge is 2.12. The third-order valence-electron chi connectivity index (χ3n) is 3.39. The van der Waals surface area contributed by atoms with Crippen LogP contribution < -0.4 is 5.32 Å². The summed E-state index contributed by atoms with van der Waals surface area (Å²) in [7, 11) is 0. The molecule has 1 aromatic heterocycles. The summed E-state index contributed by atoms with van der Waals surface area (Å²) in [6.45, 7) is 1.95. The Morgan fingerprint density at radius 3 is 3.00 bits per heavy atom. The monoisotopic (exact) mass is 272 g/mol. The van der Waals surface area contributed by atoms with Gasteiger partial charge in [0.05, 0.1) is 17.1 Å². The van der Waals surface area contributed by atoms with Gasteiger partial charge in [-0.2, -0.15) is 0 Å². The summed E-state index contributed by atoms with van der Waals surface area (Å²) < 4.78 is 0. The predicted molar refractivity (Wildman–Crippen MR) is 77.7 cm³/mol. The van der Waals surface area contributed by atoms with Gasteiger partial charge in [0.25, 0.3) is 0 Å². The quantitative estimate of drug-likeness (QED) is 0.932. The van der Waals surface area contributed by atoms with Crippen molar-refractivity contribution in [2.45, 2.75) is 32.6 Å². The molecule has 1 amide bonds. The molecular weight excluding hydrogens is 256 g/mol. The maximum atomic E-state index is 11.9. The predicted octanol–water partition coefficient (Wildman–Crippen LogP) is 3.12. The molecule has 0 spiro atoms. The number of hydrogen-bond acceptors (Lipinski definition) is 3. The first kappa shape index (κ1) is 12.4. The van der Waals surface area contributed by atoms with Crippen molar-refractivity contribution in [3.63, 3.8) is 0 Å². The molecule has 98 valence electrons. The normalized spacial score (nSPS) is 13.3. The first-order valence-electron chi connectivity index (χ1n) is 6.53. The van der Waals surface area contributed by atoms with Crippen molar-refractivity contribution in [3.8, 4) is 0 Å². The van der Waals surface area contributed by atoms with Gasteiger partial charge in [-0.25, -0.2) is 4.98 Å². The van der Waals surface area contributed by atoms with E-state index in [1.165, 1.54) is 24.0 Å². The van der Waals surface area contributed by atoms with E-state index in [-0.39, 0.29) is 5.91 Å². The number of thiazole rings is 1. The Labute approximate surface area is 116 Å². The average Bonchev–Trinajstić information content (AvgIpc) is 2.97. The van der Waals surface area contributed by atoms with Crippen molar-refractivity contribution in [2.24, 2.45) is 0 Å². The second-order valence-electron chi connectivity index (χ2n) is 4.92. The number of carbonyl (C=O) groups excluding carboxylic acids is 1. The second-order valence-corrected chi connectivity index (χ2v) is 5.98. The number of hydrogen-bond donors (Lipinski definition) is 1. The molecule has 4 heteroatoms. The summed E-state index contributed by atoms with van der Waals surface area (Å²) in [4.78, 5) is 16.3. The molecule has 1 N–H and O–H groups in total. The summed E-state index contributed by atoms with van der Waals surface area (Å²) in [5.41, 5.74) is 4.55. The molecule has 0 saturated carbocycles. The molecular formula is C15H16N2OS. The van der Waals surface area contributed by atoms with E-state index in [1.807, 2.05) is 18.4 Å². The van der Waals surface area contributed by atoms with E-state index in [0.29, 0.717) is 6.42 Å². The molecule has 3 rings (SSSR count). The minimum absolute atomic E-state index is 0.00301. The van der Waals surface area contributed by atoms with Crippen LogP contribution >= 0.6 is 11.3 Å². The van der Waals surface area contributed by atoms with Gasteiger partial charge in [-0.15, -0.1) is 11.3 Å². The van der Waals surface area contributed by atoms with E-state index < -0.39 is 0 Å². The molecule has 3 nitrogen and oxygen atoms in total. The number of aryl methyl sites for hydroxylation is 3. The molecule has 1 heterocycles. The fourth-order valence-electron chi connectivity index (χ4n) is 2.51. The Balaban J connectivity index is 1.66. The first-order chi connectivity index (χ1) is 9.20. The number of aromatic nitrogens is 1. The van der Waals surface area contributed by atoms with Crippen LogP contribution in [0.2, 0.25) is 0 Å². The van der Waals surface area contributed by atoms with Crippen LogP contribution in [-0.4, -0.2) is 10.9 Å². The van der Waals surface area contributed by atoms with Crippen molar-refractivity contribution >= 4 is 22.9 Å². The van der Waals surface area contributed by atoms with E-state index >= 15 is 0 Å². The van der Waals surface area contributed by atoms with E-state index in [1.54, 1.807) is 11.3 Å². The van der Waals surface area contributed by atoms with Gasteiger partial charge >= 0.3 is 0 Å². The zero-order valence-electron chi connectivity index (χ0n) is 10.9. The van der Waals surface area contributed by atoms with Gasteiger partial charge in [0.2, 0.25) is 5.91 Å². The minimum Gasteiger partial charge on any atom is -0.326 e. The number of carbonyl (C=O) groups is 1. The van der Waals surface area contributed by atoms with Crippen LogP contribution in [0.3, 0.4) is 0 Å². The fourth-order valence-corrected chi connectivity index (χ4v) is 3.12. The molecule has 0 unspecified atom stereocenters. The SMILES string of the molecule is Cc1nc(CC(=O)Nc2ccc3c(c2)CCC3)cs1. The molecule has 0 atom stereocenters. The van der Waals surface area contributed by atoms with Crippen LogP contribution in [0.15, 0.2) is 23.6 Å². The second kappa shape index (κ2) is 5.13. The van der Waals surface area contributed by atoms with Crippen molar-refractivity contribution < 1.29 is 4.79 Å². The van der Waals surface area contributed by atoms with Crippen molar-refractivity contribution in [1.29, 1.82) is 0 Å². The Morgan fingerprint density at radius 2 is 2.21 bits per heavy atom. The van der Waals surface area contributed by atoms with Gasteiger partial charge in [-0.3, -0.25) is 4.79 Å². The lowest BCUT2D eigenvalue weighted by atomic mass is 10.1. The van der Waals surface area contributed by atoms with E-state index in [9.17, 15) is 4.79 Å². The van der Waals surface area contributed by atoms with Crippen LogP contribution in [0.25, 0.3) is 0 Å². The maximum Gasteiger partial charge on any atom is 0.230 e. The number of benzene rings is 1. The molecule has 0 aliphatic heterocycles. The molecule has 1 aliphatic carbocycles. The zero-order valence-corrected chi connectivity index (χ0v) is 11.7. The van der Waals surface area contributed by atoms with Gasteiger partial charge in [-0.05, 0) is 49.4 Å². The number of nitrogens with zero attached hydrogens (tertiary/aromatic N) is 1. The third-order valence-corrected chi connectivity index (χ3v) is 4.21. The molecule has 0 radical (unpaired) electrons. The van der Waals surface area contributed by atoms with Crippen LogP contribution in [0.5, 0.6) is 0 Å². The lowest BCUT2D eigenvalue weighted by Gasteiger charge is -2.06. The summed E-state index contributed by atoms with van der Waals surface area (Å²) >= 11 is 1.58. The molecule has 0 saturated heterocycles. The Kier molecular flexibility index (Phi) is 3.34. The zero-order chi connectivity index (χ0) is 13.2. The average molecular weight is 272 g/mol. The molecule has 19 heavy (non-hydrogen) atoms. The van der Waals surface area contributed by atoms with Crippen LogP contribution in [0.4, 0.5) is 5.69 Å². The lowest BCUT2D eigenvalue weighted by Crippen LogP contribution is -2.14. The summed E-state index contributed by atoms with van der Waals surface area (Å²) in [6.07, 6.45) is 3.87. The van der Waals surface area contributed by atoms with Gasteiger partial charge in [0.1, 0.15) is 0 Å². The van der Waals surface area contributed by atoms with Gasteiger partial charge in [0, 0.05) is 11.1 Å². The number of nitrogens with one attached hydrogen (secondary N) is 1. The van der Waals surface area contributed by atoms with Crippen molar-refractivity contribution in [3.05, 3.63) is 45.4 Å². The Bertz CT molecular complexity index is 618. The summed E-state index contributed by atoms with van der Waals surface area (Å²) in [6, 6.07) is 6.23. The van der Waals surface area contributed by atoms with Crippen LogP contribution in [-0.2, 0) is 24.1 Å². The standard InChI is InChI=1S/C15H16N2OS/c1-10-16-14(9-19-10)8-15(18)17-13-6-5-11-3-2-4-12(11)7-13/h5-7,9H,2-4,8H2,1H3,(H,17,18). The Morgan fingerprint density at radius 1 is 1.37 bits per heavy atom. The highest BCUT2D eigenvalue weighted by molar-refractivity contribution is 7.09. The largest absolute Gasteiger partial charge is 0.326 e. The molecule has 2 aromatic rings.